The van der Waals surface area contributed by atoms with E-state index in [2.05, 4.69) is 11.6 Å². The largest absolute Gasteiger partial charge is 0.215 e. The summed E-state index contributed by atoms with van der Waals surface area (Å²) < 4.78 is 25.7. The van der Waals surface area contributed by atoms with Crippen LogP contribution in [0, 0.1) is 5.92 Å². The summed E-state index contributed by atoms with van der Waals surface area (Å²) in [4.78, 5) is 0. The summed E-state index contributed by atoms with van der Waals surface area (Å²) in [6.07, 6.45) is 6.70. The lowest BCUT2D eigenvalue weighted by molar-refractivity contribution is 0.553. The zero-order valence-corrected chi connectivity index (χ0v) is 11.8. The Morgan fingerprint density at radius 3 is 2.12 bits per heavy atom. The molecule has 0 amide bonds. The van der Waals surface area contributed by atoms with E-state index in [4.69, 9.17) is 0 Å². The first kappa shape index (κ1) is 15.9. The average molecular weight is 249 g/mol. The minimum atomic E-state index is -3.02. The second kappa shape index (κ2) is 8.99. The number of unbranched alkanes of at least 4 members (excludes halogenated alkanes) is 5. The van der Waals surface area contributed by atoms with Crippen LogP contribution in [0.4, 0.5) is 0 Å². The van der Waals surface area contributed by atoms with E-state index in [1.54, 1.807) is 0 Å². The van der Waals surface area contributed by atoms with Crippen LogP contribution in [-0.2, 0) is 10.0 Å². The van der Waals surface area contributed by atoms with Crippen molar-refractivity contribution in [1.29, 1.82) is 0 Å². The molecule has 0 heterocycles. The summed E-state index contributed by atoms with van der Waals surface area (Å²) >= 11 is 0. The summed E-state index contributed by atoms with van der Waals surface area (Å²) in [6.45, 7) is 6.75. The van der Waals surface area contributed by atoms with Crippen molar-refractivity contribution in [3.8, 4) is 0 Å². The molecule has 3 nitrogen and oxygen atoms in total. The van der Waals surface area contributed by atoms with Gasteiger partial charge >= 0.3 is 0 Å². The summed E-state index contributed by atoms with van der Waals surface area (Å²) in [5.41, 5.74) is 0. The third kappa shape index (κ3) is 10.4. The summed E-state index contributed by atoms with van der Waals surface area (Å²) in [7, 11) is -3.02. The first-order chi connectivity index (χ1) is 7.48. The lowest BCUT2D eigenvalue weighted by Crippen LogP contribution is -2.29. The first-order valence-electron chi connectivity index (χ1n) is 6.45. The molecule has 0 aliphatic heterocycles. The smallest absolute Gasteiger partial charge is 0.211 e. The topological polar surface area (TPSA) is 46.2 Å². The van der Waals surface area contributed by atoms with Gasteiger partial charge < -0.3 is 0 Å². The maximum absolute atomic E-state index is 11.5. The zero-order chi connectivity index (χ0) is 12.4. The molecule has 16 heavy (non-hydrogen) atoms. The fourth-order valence-electron chi connectivity index (χ4n) is 1.44. The van der Waals surface area contributed by atoms with Gasteiger partial charge in [-0.25, -0.2) is 13.1 Å². The standard InChI is InChI=1S/C12H27NO2S/c1-4-5-6-7-8-9-10-16(14,15)13-11-12(2)3/h12-13H,4-11H2,1-3H3. The quantitative estimate of drug-likeness (QED) is 0.605. The fourth-order valence-corrected chi connectivity index (χ4v) is 2.75. The Kier molecular flexibility index (Phi) is 8.94. The van der Waals surface area contributed by atoms with Gasteiger partial charge in [-0.05, 0) is 12.3 Å². The van der Waals surface area contributed by atoms with E-state index >= 15 is 0 Å². The molecule has 0 spiro atoms. The highest BCUT2D eigenvalue weighted by molar-refractivity contribution is 7.89. The molecule has 1 N–H and O–H groups in total. The van der Waals surface area contributed by atoms with Gasteiger partial charge in [-0.2, -0.15) is 0 Å². The normalized spacial score (nSPS) is 12.2. The van der Waals surface area contributed by atoms with Crippen molar-refractivity contribution < 1.29 is 8.42 Å². The van der Waals surface area contributed by atoms with Crippen LogP contribution in [0.3, 0.4) is 0 Å². The highest BCUT2D eigenvalue weighted by Crippen LogP contribution is 2.06. The van der Waals surface area contributed by atoms with Gasteiger partial charge in [-0.15, -0.1) is 0 Å². The van der Waals surface area contributed by atoms with Crippen LogP contribution in [0.2, 0.25) is 0 Å². The second-order valence-electron chi connectivity index (χ2n) is 4.83. The van der Waals surface area contributed by atoms with Crippen molar-refractivity contribution in [2.24, 2.45) is 5.92 Å². The zero-order valence-electron chi connectivity index (χ0n) is 11.0. The van der Waals surface area contributed by atoms with E-state index in [1.807, 2.05) is 13.8 Å². The van der Waals surface area contributed by atoms with Crippen LogP contribution < -0.4 is 4.72 Å². The molecule has 0 rings (SSSR count). The highest BCUT2D eigenvalue weighted by atomic mass is 32.2. The van der Waals surface area contributed by atoms with Gasteiger partial charge in [0.25, 0.3) is 0 Å². The number of hydrogen-bond acceptors (Lipinski definition) is 2. The SMILES string of the molecule is CCCCCCCCS(=O)(=O)NCC(C)C. The molecule has 0 radical (unpaired) electrons. The van der Waals surface area contributed by atoms with Crippen molar-refractivity contribution >= 4 is 10.0 Å². The van der Waals surface area contributed by atoms with Crippen LogP contribution in [0.25, 0.3) is 0 Å². The van der Waals surface area contributed by atoms with Crippen LogP contribution in [0.15, 0.2) is 0 Å². The van der Waals surface area contributed by atoms with Crippen molar-refractivity contribution in [3.05, 3.63) is 0 Å². The Bertz CT molecular complexity index is 248. The monoisotopic (exact) mass is 249 g/mol. The third-order valence-electron chi connectivity index (χ3n) is 2.48. The van der Waals surface area contributed by atoms with Gasteiger partial charge in [-0.1, -0.05) is 52.9 Å². The van der Waals surface area contributed by atoms with E-state index in [9.17, 15) is 8.42 Å². The molecule has 0 unspecified atom stereocenters. The summed E-state index contributed by atoms with van der Waals surface area (Å²) in [5, 5.41) is 0. The van der Waals surface area contributed by atoms with Crippen LogP contribution >= 0.6 is 0 Å². The Balaban J connectivity index is 3.51. The Morgan fingerprint density at radius 2 is 1.56 bits per heavy atom. The Labute approximate surface area is 101 Å². The molecule has 0 aromatic heterocycles. The molecule has 0 saturated heterocycles. The molecule has 98 valence electrons. The highest BCUT2D eigenvalue weighted by Gasteiger charge is 2.09. The second-order valence-corrected chi connectivity index (χ2v) is 6.76. The Hall–Kier alpha value is -0.0900. The molecule has 0 saturated carbocycles. The molecule has 0 bridgehead atoms. The van der Waals surface area contributed by atoms with Gasteiger partial charge in [-0.3, -0.25) is 0 Å². The molecule has 0 aromatic rings. The molecule has 0 aliphatic carbocycles. The third-order valence-corrected chi connectivity index (χ3v) is 3.91. The number of rotatable bonds is 10. The molecule has 0 fully saturated rings. The van der Waals surface area contributed by atoms with Crippen molar-refractivity contribution in [1.82, 2.24) is 4.72 Å². The number of sulfonamides is 1. The van der Waals surface area contributed by atoms with Crippen molar-refractivity contribution in [3.63, 3.8) is 0 Å². The number of hydrogen-bond donors (Lipinski definition) is 1. The predicted molar refractivity (Wildman–Crippen MR) is 70.0 cm³/mol. The molecular formula is C12H27NO2S. The summed E-state index contributed by atoms with van der Waals surface area (Å²) in [5.74, 6) is 0.658. The minimum Gasteiger partial charge on any atom is -0.215 e. The lowest BCUT2D eigenvalue weighted by atomic mass is 10.1. The van der Waals surface area contributed by atoms with E-state index in [0.29, 0.717) is 12.5 Å². The predicted octanol–water partition coefficient (Wildman–Crippen LogP) is 2.92. The van der Waals surface area contributed by atoms with Gasteiger partial charge in [0, 0.05) is 6.54 Å². The van der Waals surface area contributed by atoms with Gasteiger partial charge in [0.05, 0.1) is 5.75 Å². The van der Waals surface area contributed by atoms with Gasteiger partial charge in [0.1, 0.15) is 0 Å². The van der Waals surface area contributed by atoms with E-state index < -0.39 is 10.0 Å². The average Bonchev–Trinajstić information content (AvgIpc) is 2.21. The summed E-state index contributed by atoms with van der Waals surface area (Å²) in [6, 6.07) is 0. The van der Waals surface area contributed by atoms with Crippen molar-refractivity contribution in [2.75, 3.05) is 12.3 Å². The molecular weight excluding hydrogens is 222 g/mol. The Morgan fingerprint density at radius 1 is 1.00 bits per heavy atom. The van der Waals surface area contributed by atoms with E-state index in [-0.39, 0.29) is 5.75 Å². The maximum Gasteiger partial charge on any atom is 0.211 e. The van der Waals surface area contributed by atoms with Gasteiger partial charge in [0.2, 0.25) is 10.0 Å². The molecule has 4 heteroatoms. The lowest BCUT2D eigenvalue weighted by Gasteiger charge is -2.08. The fraction of sp³-hybridized carbons (Fsp3) is 1.00. The van der Waals surface area contributed by atoms with Crippen LogP contribution in [-0.4, -0.2) is 20.7 Å². The molecule has 0 aliphatic rings. The van der Waals surface area contributed by atoms with E-state index in [0.717, 1.165) is 19.3 Å². The van der Waals surface area contributed by atoms with Crippen LogP contribution in [0.5, 0.6) is 0 Å². The number of nitrogens with one attached hydrogen (secondary N) is 1. The van der Waals surface area contributed by atoms with Crippen LogP contribution in [0.1, 0.15) is 59.3 Å². The first-order valence-corrected chi connectivity index (χ1v) is 8.10. The van der Waals surface area contributed by atoms with Gasteiger partial charge in [0.15, 0.2) is 0 Å². The molecule has 0 aromatic carbocycles. The maximum atomic E-state index is 11.5. The molecule has 0 atom stereocenters. The minimum absolute atomic E-state index is 0.284. The van der Waals surface area contributed by atoms with Crippen molar-refractivity contribution in [2.45, 2.75) is 59.3 Å². The van der Waals surface area contributed by atoms with E-state index in [1.165, 1.54) is 19.3 Å².